The second-order valence-corrected chi connectivity index (χ2v) is 7.37. The summed E-state index contributed by atoms with van der Waals surface area (Å²) in [6, 6.07) is 19.1. The van der Waals surface area contributed by atoms with E-state index in [1.54, 1.807) is 30.3 Å². The Hall–Kier alpha value is -3.73. The van der Waals surface area contributed by atoms with Crippen molar-refractivity contribution in [3.8, 4) is 0 Å². The van der Waals surface area contributed by atoms with Crippen molar-refractivity contribution in [2.24, 2.45) is 0 Å². The molecular formula is C25H20FNO3. The molecule has 4 nitrogen and oxygen atoms in total. The Morgan fingerprint density at radius 3 is 2.27 bits per heavy atom. The summed E-state index contributed by atoms with van der Waals surface area (Å²) in [4.78, 5) is 27.4. The number of hydrogen-bond donors (Lipinski definition) is 1. The number of carbonyl (C=O) groups excluding carboxylic acids is 2. The zero-order valence-corrected chi connectivity index (χ0v) is 16.6. The SMILES string of the molecule is Cc1ccc(C)c(/C(O)=C2\C(=O)C(=O)N(c3ccccc3)C2c2ccc(F)cc2)c1. The maximum absolute atomic E-state index is 13.6. The lowest BCUT2D eigenvalue weighted by Gasteiger charge is -2.25. The fourth-order valence-corrected chi connectivity index (χ4v) is 3.78. The number of aryl methyl sites for hydroxylation is 2. The Bertz CT molecular complexity index is 1170. The van der Waals surface area contributed by atoms with Crippen LogP contribution in [0.1, 0.15) is 28.3 Å². The van der Waals surface area contributed by atoms with E-state index >= 15 is 0 Å². The number of nitrogens with zero attached hydrogens (tertiary/aromatic N) is 1. The lowest BCUT2D eigenvalue weighted by Crippen LogP contribution is -2.29. The van der Waals surface area contributed by atoms with Crippen molar-refractivity contribution in [3.63, 3.8) is 0 Å². The van der Waals surface area contributed by atoms with Crippen LogP contribution in [-0.4, -0.2) is 16.8 Å². The largest absolute Gasteiger partial charge is 0.507 e. The molecule has 1 atom stereocenters. The van der Waals surface area contributed by atoms with Gasteiger partial charge in [0.15, 0.2) is 0 Å². The summed E-state index contributed by atoms with van der Waals surface area (Å²) in [6.45, 7) is 3.71. The van der Waals surface area contributed by atoms with Crippen LogP contribution in [0, 0.1) is 19.7 Å². The monoisotopic (exact) mass is 401 g/mol. The molecule has 0 aromatic heterocycles. The Labute approximate surface area is 173 Å². The minimum atomic E-state index is -0.868. The molecular weight excluding hydrogens is 381 g/mol. The first-order chi connectivity index (χ1) is 14.4. The summed E-state index contributed by atoms with van der Waals surface area (Å²) < 4.78 is 13.6. The van der Waals surface area contributed by atoms with Crippen molar-refractivity contribution in [3.05, 3.63) is 106 Å². The summed E-state index contributed by atoms with van der Waals surface area (Å²) >= 11 is 0. The quantitative estimate of drug-likeness (QED) is 0.379. The second-order valence-electron chi connectivity index (χ2n) is 7.37. The number of anilines is 1. The summed E-state index contributed by atoms with van der Waals surface area (Å²) in [5, 5.41) is 11.2. The minimum Gasteiger partial charge on any atom is -0.507 e. The van der Waals surface area contributed by atoms with Gasteiger partial charge in [0, 0.05) is 11.3 Å². The van der Waals surface area contributed by atoms with Gasteiger partial charge in [-0.3, -0.25) is 14.5 Å². The second kappa shape index (κ2) is 7.59. The van der Waals surface area contributed by atoms with Crippen molar-refractivity contribution >= 4 is 23.1 Å². The molecule has 1 heterocycles. The van der Waals surface area contributed by atoms with Crippen molar-refractivity contribution in [2.75, 3.05) is 4.90 Å². The van der Waals surface area contributed by atoms with E-state index in [1.807, 2.05) is 32.0 Å². The number of rotatable bonds is 3. The fraction of sp³-hybridized carbons (Fsp3) is 0.120. The Morgan fingerprint density at radius 1 is 0.933 bits per heavy atom. The van der Waals surface area contributed by atoms with Gasteiger partial charge in [-0.05, 0) is 55.3 Å². The molecule has 1 saturated heterocycles. The van der Waals surface area contributed by atoms with E-state index in [-0.39, 0.29) is 11.3 Å². The molecule has 0 spiro atoms. The lowest BCUT2D eigenvalue weighted by atomic mass is 9.93. The van der Waals surface area contributed by atoms with Crippen LogP contribution in [0.25, 0.3) is 5.76 Å². The van der Waals surface area contributed by atoms with Crippen LogP contribution in [0.3, 0.4) is 0 Å². The van der Waals surface area contributed by atoms with Crippen LogP contribution in [-0.2, 0) is 9.59 Å². The minimum absolute atomic E-state index is 0.0100. The maximum atomic E-state index is 13.6. The normalized spacial score (nSPS) is 18.1. The van der Waals surface area contributed by atoms with E-state index < -0.39 is 23.5 Å². The number of aliphatic hydroxyl groups excluding tert-OH is 1. The molecule has 1 N–H and O–H groups in total. The molecule has 0 aliphatic carbocycles. The molecule has 1 aliphatic heterocycles. The number of Topliss-reactive ketones (excluding diaryl/α,β-unsaturated/α-hetero) is 1. The average molecular weight is 401 g/mol. The van der Waals surface area contributed by atoms with Crippen LogP contribution in [0.5, 0.6) is 0 Å². The first-order valence-electron chi connectivity index (χ1n) is 9.57. The molecule has 1 fully saturated rings. The summed E-state index contributed by atoms with van der Waals surface area (Å²) in [5.74, 6) is -2.17. The van der Waals surface area contributed by atoms with E-state index in [1.165, 1.54) is 29.2 Å². The van der Waals surface area contributed by atoms with Crippen molar-refractivity contribution in [1.29, 1.82) is 0 Å². The zero-order valence-electron chi connectivity index (χ0n) is 16.6. The summed E-state index contributed by atoms with van der Waals surface area (Å²) in [6.07, 6.45) is 0. The molecule has 3 aromatic carbocycles. The van der Waals surface area contributed by atoms with Gasteiger partial charge in [-0.15, -0.1) is 0 Å². The number of halogens is 1. The molecule has 1 unspecified atom stereocenters. The highest BCUT2D eigenvalue weighted by Crippen LogP contribution is 2.42. The van der Waals surface area contributed by atoms with Gasteiger partial charge in [-0.2, -0.15) is 0 Å². The predicted molar refractivity (Wildman–Crippen MR) is 114 cm³/mol. The summed E-state index contributed by atoms with van der Waals surface area (Å²) in [7, 11) is 0. The molecule has 1 amide bonds. The van der Waals surface area contributed by atoms with E-state index in [0.717, 1.165) is 11.1 Å². The molecule has 0 radical (unpaired) electrons. The van der Waals surface area contributed by atoms with Crippen molar-refractivity contribution < 1.29 is 19.1 Å². The predicted octanol–water partition coefficient (Wildman–Crippen LogP) is 5.07. The van der Waals surface area contributed by atoms with Gasteiger partial charge in [0.1, 0.15) is 11.6 Å². The molecule has 30 heavy (non-hydrogen) atoms. The highest BCUT2D eigenvalue weighted by atomic mass is 19.1. The standard InChI is InChI=1S/C25H20FNO3/c1-15-8-9-16(2)20(14-15)23(28)21-22(17-10-12-18(26)13-11-17)27(25(30)24(21)29)19-6-4-3-5-7-19/h3-14,22,28H,1-2H3/b23-21+. The molecule has 150 valence electrons. The van der Waals surface area contributed by atoms with Gasteiger partial charge in [-0.25, -0.2) is 4.39 Å². The van der Waals surface area contributed by atoms with Crippen LogP contribution >= 0.6 is 0 Å². The van der Waals surface area contributed by atoms with Gasteiger partial charge in [0.25, 0.3) is 11.7 Å². The lowest BCUT2D eigenvalue weighted by molar-refractivity contribution is -0.132. The number of para-hydroxylation sites is 1. The van der Waals surface area contributed by atoms with Gasteiger partial charge < -0.3 is 5.11 Å². The summed E-state index contributed by atoms with van der Waals surface area (Å²) in [5.41, 5.74) is 3.23. The van der Waals surface area contributed by atoms with Crippen LogP contribution in [0.2, 0.25) is 0 Å². The van der Waals surface area contributed by atoms with E-state index in [2.05, 4.69) is 0 Å². The molecule has 1 aliphatic rings. The first-order valence-corrected chi connectivity index (χ1v) is 9.57. The van der Waals surface area contributed by atoms with Crippen LogP contribution in [0.4, 0.5) is 10.1 Å². The highest BCUT2D eigenvalue weighted by molar-refractivity contribution is 6.51. The third kappa shape index (κ3) is 3.28. The smallest absolute Gasteiger partial charge is 0.300 e. The zero-order chi connectivity index (χ0) is 21.4. The van der Waals surface area contributed by atoms with Gasteiger partial charge in [-0.1, -0.05) is 48.0 Å². The van der Waals surface area contributed by atoms with Crippen molar-refractivity contribution in [2.45, 2.75) is 19.9 Å². The fourth-order valence-electron chi connectivity index (χ4n) is 3.78. The van der Waals surface area contributed by atoms with Crippen LogP contribution < -0.4 is 4.90 Å². The van der Waals surface area contributed by atoms with Crippen molar-refractivity contribution in [1.82, 2.24) is 0 Å². The molecule has 5 heteroatoms. The van der Waals surface area contributed by atoms with E-state index in [9.17, 15) is 19.1 Å². The first kappa shape index (κ1) is 19.6. The Balaban J connectivity index is 1.98. The Morgan fingerprint density at radius 2 is 1.60 bits per heavy atom. The highest BCUT2D eigenvalue weighted by Gasteiger charge is 2.47. The van der Waals surface area contributed by atoms with E-state index in [0.29, 0.717) is 16.8 Å². The number of amides is 1. The molecule has 3 aromatic rings. The topological polar surface area (TPSA) is 57.6 Å². The van der Waals surface area contributed by atoms with Gasteiger partial charge in [0.05, 0.1) is 11.6 Å². The Kier molecular flexibility index (Phi) is 4.96. The molecule has 4 rings (SSSR count). The van der Waals surface area contributed by atoms with Gasteiger partial charge in [0.2, 0.25) is 0 Å². The van der Waals surface area contributed by atoms with E-state index in [4.69, 9.17) is 0 Å². The third-order valence-electron chi connectivity index (χ3n) is 5.31. The number of aliphatic hydroxyl groups is 1. The third-order valence-corrected chi connectivity index (χ3v) is 5.31. The van der Waals surface area contributed by atoms with Gasteiger partial charge >= 0.3 is 0 Å². The number of hydrogen-bond acceptors (Lipinski definition) is 3. The van der Waals surface area contributed by atoms with Crippen LogP contribution in [0.15, 0.2) is 78.4 Å². The number of ketones is 1. The maximum Gasteiger partial charge on any atom is 0.300 e. The number of benzene rings is 3. The molecule has 0 saturated carbocycles. The average Bonchev–Trinajstić information content (AvgIpc) is 3.01. The molecule has 0 bridgehead atoms. The number of carbonyl (C=O) groups is 2.